The average molecular weight is 323 g/mol. The molecule has 0 unspecified atom stereocenters. The number of hydrogen-bond acceptors (Lipinski definition) is 1. The van der Waals surface area contributed by atoms with Crippen molar-refractivity contribution in [3.05, 3.63) is 103 Å². The molecule has 0 radical (unpaired) electrons. The summed E-state index contributed by atoms with van der Waals surface area (Å²) in [6.45, 7) is 0. The summed E-state index contributed by atoms with van der Waals surface area (Å²) in [4.78, 5) is 0. The molecule has 1 N–H and O–H groups in total. The normalized spacial score (nSPS) is 13.4. The van der Waals surface area contributed by atoms with Crippen molar-refractivity contribution in [2.45, 2.75) is 12.8 Å². The lowest BCUT2D eigenvalue weighted by Crippen LogP contribution is -1.90. The Morgan fingerprint density at radius 1 is 0.600 bits per heavy atom. The summed E-state index contributed by atoms with van der Waals surface area (Å²) in [5.41, 5.74) is 7.46. The molecule has 1 heteroatoms. The fourth-order valence-electron chi connectivity index (χ4n) is 3.15. The Labute approximate surface area is 149 Å². The number of allylic oxidation sites excluding steroid dienone is 4. The van der Waals surface area contributed by atoms with Crippen molar-refractivity contribution in [3.8, 4) is 11.1 Å². The number of rotatable bonds is 4. The highest BCUT2D eigenvalue weighted by Crippen LogP contribution is 2.27. The zero-order valence-corrected chi connectivity index (χ0v) is 14.2. The maximum atomic E-state index is 3.42. The van der Waals surface area contributed by atoms with Gasteiger partial charge in [0.25, 0.3) is 0 Å². The van der Waals surface area contributed by atoms with Gasteiger partial charge in [-0.25, -0.2) is 0 Å². The quantitative estimate of drug-likeness (QED) is 0.555. The van der Waals surface area contributed by atoms with E-state index < -0.39 is 0 Å². The minimum absolute atomic E-state index is 1.10. The van der Waals surface area contributed by atoms with E-state index >= 15 is 0 Å². The van der Waals surface area contributed by atoms with Gasteiger partial charge in [-0.15, -0.1) is 0 Å². The summed E-state index contributed by atoms with van der Waals surface area (Å²) in [6, 6.07) is 27.7. The molecule has 1 aliphatic carbocycles. The Kier molecular flexibility index (Phi) is 4.47. The standard InChI is InChI=1S/C24H21N/c1-3-7-19(8-4-1)20-11-13-21(14-12-20)22-15-17-24(18-16-22)25-23-9-5-2-6-10-23/h1-3,5-7,9-18,25H,4,8H2. The van der Waals surface area contributed by atoms with Gasteiger partial charge in [0.2, 0.25) is 0 Å². The van der Waals surface area contributed by atoms with Crippen molar-refractivity contribution in [1.82, 2.24) is 0 Å². The van der Waals surface area contributed by atoms with E-state index in [1.807, 2.05) is 18.2 Å². The number of anilines is 2. The van der Waals surface area contributed by atoms with Crippen LogP contribution >= 0.6 is 0 Å². The average Bonchev–Trinajstić information content (AvgIpc) is 2.70. The smallest absolute Gasteiger partial charge is 0.0384 e. The van der Waals surface area contributed by atoms with Crippen molar-refractivity contribution >= 4 is 16.9 Å². The van der Waals surface area contributed by atoms with Crippen molar-refractivity contribution in [2.75, 3.05) is 5.32 Å². The molecule has 1 aliphatic rings. The highest BCUT2D eigenvalue weighted by Gasteiger charge is 2.04. The van der Waals surface area contributed by atoms with E-state index in [9.17, 15) is 0 Å². The summed E-state index contributed by atoms with van der Waals surface area (Å²) in [7, 11) is 0. The molecular formula is C24H21N. The predicted octanol–water partition coefficient (Wildman–Crippen LogP) is 6.83. The monoisotopic (exact) mass is 323 g/mol. The lowest BCUT2D eigenvalue weighted by Gasteiger charge is -2.11. The van der Waals surface area contributed by atoms with Gasteiger partial charge in [0.1, 0.15) is 0 Å². The van der Waals surface area contributed by atoms with Crippen LogP contribution < -0.4 is 5.32 Å². The second-order valence-corrected chi connectivity index (χ2v) is 6.30. The summed E-state index contributed by atoms with van der Waals surface area (Å²) in [5, 5.41) is 3.42. The van der Waals surface area contributed by atoms with E-state index in [4.69, 9.17) is 0 Å². The summed E-state index contributed by atoms with van der Waals surface area (Å²) >= 11 is 0. The molecule has 0 spiro atoms. The van der Waals surface area contributed by atoms with E-state index in [0.29, 0.717) is 0 Å². The Balaban J connectivity index is 1.50. The van der Waals surface area contributed by atoms with Crippen LogP contribution in [0.15, 0.2) is 97.1 Å². The van der Waals surface area contributed by atoms with Gasteiger partial charge in [-0.3, -0.25) is 0 Å². The molecule has 0 atom stereocenters. The minimum Gasteiger partial charge on any atom is -0.356 e. The van der Waals surface area contributed by atoms with Crippen molar-refractivity contribution < 1.29 is 0 Å². The molecular weight excluding hydrogens is 302 g/mol. The fraction of sp³-hybridized carbons (Fsp3) is 0.0833. The lowest BCUT2D eigenvalue weighted by atomic mass is 9.95. The van der Waals surface area contributed by atoms with Gasteiger partial charge in [-0.2, -0.15) is 0 Å². The Bertz CT molecular complexity index is 885. The first-order valence-electron chi connectivity index (χ1n) is 8.77. The molecule has 4 rings (SSSR count). The highest BCUT2D eigenvalue weighted by atomic mass is 14.9. The van der Waals surface area contributed by atoms with Crippen molar-refractivity contribution in [3.63, 3.8) is 0 Å². The van der Waals surface area contributed by atoms with E-state index in [1.165, 1.54) is 22.3 Å². The van der Waals surface area contributed by atoms with Gasteiger partial charge in [0.05, 0.1) is 0 Å². The Hall–Kier alpha value is -3.06. The predicted molar refractivity (Wildman–Crippen MR) is 108 cm³/mol. The van der Waals surface area contributed by atoms with Crippen LogP contribution in [0.5, 0.6) is 0 Å². The van der Waals surface area contributed by atoms with E-state index in [1.54, 1.807) is 0 Å². The fourth-order valence-corrected chi connectivity index (χ4v) is 3.15. The highest BCUT2D eigenvalue weighted by molar-refractivity contribution is 5.73. The van der Waals surface area contributed by atoms with E-state index in [2.05, 4.69) is 84.2 Å². The van der Waals surface area contributed by atoms with Gasteiger partial charge in [0, 0.05) is 11.4 Å². The molecule has 0 fully saturated rings. The summed E-state index contributed by atoms with van der Waals surface area (Å²) in [5.74, 6) is 0. The van der Waals surface area contributed by atoms with Crippen molar-refractivity contribution in [1.29, 1.82) is 0 Å². The second-order valence-electron chi connectivity index (χ2n) is 6.30. The first kappa shape index (κ1) is 15.5. The molecule has 0 saturated heterocycles. The van der Waals surface area contributed by atoms with Gasteiger partial charge < -0.3 is 5.32 Å². The molecule has 3 aromatic carbocycles. The van der Waals surface area contributed by atoms with Gasteiger partial charge in [-0.05, 0) is 59.4 Å². The van der Waals surface area contributed by atoms with Crippen LogP contribution in [-0.2, 0) is 0 Å². The third-order valence-electron chi connectivity index (χ3n) is 4.55. The number of nitrogens with one attached hydrogen (secondary N) is 1. The molecule has 3 aromatic rings. The summed E-state index contributed by atoms with van der Waals surface area (Å²) in [6.07, 6.45) is 8.88. The van der Waals surface area contributed by atoms with E-state index in [-0.39, 0.29) is 0 Å². The van der Waals surface area contributed by atoms with E-state index in [0.717, 1.165) is 24.2 Å². The molecule has 0 saturated carbocycles. The molecule has 0 aromatic heterocycles. The van der Waals surface area contributed by atoms with Gasteiger partial charge >= 0.3 is 0 Å². The minimum atomic E-state index is 1.10. The zero-order chi connectivity index (χ0) is 16.9. The van der Waals surface area contributed by atoms with Crippen LogP contribution in [0.4, 0.5) is 11.4 Å². The number of para-hydroxylation sites is 1. The molecule has 0 bridgehead atoms. The Morgan fingerprint density at radius 2 is 1.20 bits per heavy atom. The lowest BCUT2D eigenvalue weighted by molar-refractivity contribution is 1.05. The van der Waals surface area contributed by atoms with Crippen LogP contribution in [-0.4, -0.2) is 0 Å². The maximum absolute atomic E-state index is 3.42. The summed E-state index contributed by atoms with van der Waals surface area (Å²) < 4.78 is 0. The molecule has 1 nitrogen and oxygen atoms in total. The zero-order valence-electron chi connectivity index (χ0n) is 14.2. The molecule has 0 amide bonds. The third kappa shape index (κ3) is 3.72. The molecule has 25 heavy (non-hydrogen) atoms. The molecule has 0 aliphatic heterocycles. The van der Waals surface area contributed by atoms with Crippen LogP contribution in [0.1, 0.15) is 18.4 Å². The Morgan fingerprint density at radius 3 is 1.84 bits per heavy atom. The van der Waals surface area contributed by atoms with Crippen LogP contribution in [0, 0.1) is 0 Å². The SMILES string of the molecule is C1=CCCC(c2ccc(-c3ccc(Nc4ccccc4)cc3)cc2)=C1. The van der Waals surface area contributed by atoms with Gasteiger partial charge in [0.15, 0.2) is 0 Å². The topological polar surface area (TPSA) is 12.0 Å². The third-order valence-corrected chi connectivity index (χ3v) is 4.55. The van der Waals surface area contributed by atoms with Crippen LogP contribution in [0.2, 0.25) is 0 Å². The second kappa shape index (κ2) is 7.23. The van der Waals surface area contributed by atoms with Crippen molar-refractivity contribution in [2.24, 2.45) is 0 Å². The first-order valence-corrected chi connectivity index (χ1v) is 8.77. The largest absolute Gasteiger partial charge is 0.356 e. The first-order chi connectivity index (χ1) is 12.4. The van der Waals surface area contributed by atoms with Crippen LogP contribution in [0.3, 0.4) is 0 Å². The maximum Gasteiger partial charge on any atom is 0.0384 e. The number of hydrogen-bond donors (Lipinski definition) is 1. The molecule has 0 heterocycles. The number of benzene rings is 3. The van der Waals surface area contributed by atoms with Crippen LogP contribution in [0.25, 0.3) is 16.7 Å². The van der Waals surface area contributed by atoms with Gasteiger partial charge in [-0.1, -0.05) is 72.8 Å². The molecule has 122 valence electrons.